The first kappa shape index (κ1) is 11.1. The summed E-state index contributed by atoms with van der Waals surface area (Å²) < 4.78 is 27.3. The zero-order valence-electron chi connectivity index (χ0n) is 7.88. The van der Waals surface area contributed by atoms with Crippen LogP contribution in [0.25, 0.3) is 0 Å². The normalized spacial score (nSPS) is 11.5. The van der Waals surface area contributed by atoms with Crippen molar-refractivity contribution < 1.29 is 12.6 Å². The molecular formula is C8H12N2O3S. The Hall–Kier alpha value is -1.01. The lowest BCUT2D eigenvalue weighted by Gasteiger charge is -2.03. The molecule has 1 aromatic heterocycles. The maximum Gasteiger partial charge on any atom is 0.271 e. The Morgan fingerprint density at radius 1 is 1.36 bits per heavy atom. The molecule has 0 bridgehead atoms. The largest absolute Gasteiger partial charge is 0.271 e. The van der Waals surface area contributed by atoms with Crippen LogP contribution in [0.3, 0.4) is 0 Å². The molecule has 1 aromatic rings. The van der Waals surface area contributed by atoms with Crippen molar-refractivity contribution in [3.8, 4) is 0 Å². The summed E-state index contributed by atoms with van der Waals surface area (Å²) in [5.41, 5.74) is 0.531. The highest BCUT2D eigenvalue weighted by Gasteiger charge is 2.11. The van der Waals surface area contributed by atoms with Gasteiger partial charge in [-0.25, -0.2) is 9.97 Å². The maximum atomic E-state index is 11.3. The van der Waals surface area contributed by atoms with Crippen LogP contribution in [-0.2, 0) is 20.1 Å². The smallest absolute Gasteiger partial charge is 0.270 e. The van der Waals surface area contributed by atoms with Gasteiger partial charge in [0.2, 0.25) is 0 Å². The Kier molecular flexibility index (Phi) is 3.97. The summed E-state index contributed by atoms with van der Waals surface area (Å²) in [6.45, 7) is 2.07. The molecule has 5 nitrogen and oxygen atoms in total. The fourth-order valence-corrected chi connectivity index (χ4v) is 1.92. The van der Waals surface area contributed by atoms with Gasteiger partial charge in [-0.05, 0) is 6.42 Å². The minimum atomic E-state index is -3.48. The second-order valence-electron chi connectivity index (χ2n) is 2.77. The van der Waals surface area contributed by atoms with Crippen molar-refractivity contribution in [3.63, 3.8) is 0 Å². The van der Waals surface area contributed by atoms with Gasteiger partial charge >= 0.3 is 0 Å². The quantitative estimate of drug-likeness (QED) is 0.679. The second-order valence-corrected chi connectivity index (χ2v) is 4.41. The Labute approximate surface area is 83.3 Å². The molecule has 0 fully saturated rings. The monoisotopic (exact) mass is 216 g/mol. The third-order valence-corrected chi connectivity index (χ3v) is 2.64. The van der Waals surface area contributed by atoms with Gasteiger partial charge in [-0.1, -0.05) is 6.92 Å². The molecule has 0 aliphatic heterocycles. The highest BCUT2D eigenvalue weighted by molar-refractivity contribution is 7.85. The van der Waals surface area contributed by atoms with Gasteiger partial charge in [0.25, 0.3) is 10.1 Å². The second kappa shape index (κ2) is 5.02. The molecule has 0 saturated heterocycles. The highest BCUT2D eigenvalue weighted by Crippen LogP contribution is 2.04. The van der Waals surface area contributed by atoms with E-state index in [1.54, 1.807) is 0 Å². The van der Waals surface area contributed by atoms with Gasteiger partial charge in [0.15, 0.2) is 0 Å². The average Bonchev–Trinajstić information content (AvgIpc) is 2.16. The van der Waals surface area contributed by atoms with E-state index in [9.17, 15) is 8.42 Å². The Balaban J connectivity index is 2.60. The fraction of sp³-hybridized carbons (Fsp3) is 0.500. The van der Waals surface area contributed by atoms with Gasteiger partial charge in [-0.15, -0.1) is 0 Å². The van der Waals surface area contributed by atoms with Crippen molar-refractivity contribution in [2.24, 2.45) is 0 Å². The first-order chi connectivity index (χ1) is 6.64. The average molecular weight is 216 g/mol. The molecule has 14 heavy (non-hydrogen) atoms. The molecule has 0 aliphatic carbocycles. The topological polar surface area (TPSA) is 69.2 Å². The number of nitrogens with zero attached hydrogens (tertiary/aromatic N) is 2. The molecule has 0 saturated carbocycles. The predicted octanol–water partition coefficient (Wildman–Crippen LogP) is 0.733. The molecule has 0 N–H and O–H groups in total. The zero-order valence-corrected chi connectivity index (χ0v) is 8.70. The first-order valence-electron chi connectivity index (χ1n) is 4.25. The van der Waals surface area contributed by atoms with Gasteiger partial charge in [0.1, 0.15) is 12.1 Å². The molecular weight excluding hydrogens is 204 g/mol. The summed E-state index contributed by atoms with van der Waals surface area (Å²) in [5.74, 6) is -0.173. The molecule has 0 aromatic carbocycles. The van der Waals surface area contributed by atoms with Crippen molar-refractivity contribution in [1.82, 2.24) is 9.97 Å². The summed E-state index contributed by atoms with van der Waals surface area (Å²) >= 11 is 0. The molecule has 1 rings (SSSR count). The van der Waals surface area contributed by atoms with E-state index in [2.05, 4.69) is 9.97 Å². The highest BCUT2D eigenvalue weighted by atomic mass is 32.2. The van der Waals surface area contributed by atoms with Crippen LogP contribution in [0.5, 0.6) is 0 Å². The van der Waals surface area contributed by atoms with Crippen molar-refractivity contribution >= 4 is 10.1 Å². The standard InChI is InChI=1S/C8H12N2O3S/c1-2-3-13-14(11,12)6-8-4-9-7-10-5-8/h4-5,7H,2-3,6H2,1H3. The Morgan fingerprint density at radius 2 is 2.00 bits per heavy atom. The van der Waals surface area contributed by atoms with Gasteiger partial charge in [-0.2, -0.15) is 8.42 Å². The van der Waals surface area contributed by atoms with Crippen LogP contribution in [-0.4, -0.2) is 25.0 Å². The lowest BCUT2D eigenvalue weighted by atomic mass is 10.4. The molecule has 78 valence electrons. The molecule has 0 atom stereocenters. The zero-order chi connectivity index (χ0) is 10.4. The van der Waals surface area contributed by atoms with E-state index in [4.69, 9.17) is 4.18 Å². The summed E-state index contributed by atoms with van der Waals surface area (Å²) in [4.78, 5) is 7.44. The van der Waals surface area contributed by atoms with Gasteiger partial charge in [0.05, 0.1) is 6.61 Å². The fourth-order valence-electron chi connectivity index (χ4n) is 0.861. The van der Waals surface area contributed by atoms with Crippen molar-refractivity contribution in [2.75, 3.05) is 6.61 Å². The van der Waals surface area contributed by atoms with Crippen LogP contribution in [0.1, 0.15) is 18.9 Å². The minimum Gasteiger partial charge on any atom is -0.270 e. The Morgan fingerprint density at radius 3 is 2.57 bits per heavy atom. The van der Waals surface area contributed by atoms with E-state index in [-0.39, 0.29) is 12.4 Å². The Bertz CT molecular complexity index is 363. The summed E-state index contributed by atoms with van der Waals surface area (Å²) in [5, 5.41) is 0. The van der Waals surface area contributed by atoms with Crippen molar-refractivity contribution in [2.45, 2.75) is 19.1 Å². The molecule has 0 spiro atoms. The molecule has 0 amide bonds. The van der Waals surface area contributed by atoms with Crippen LogP contribution < -0.4 is 0 Å². The van der Waals surface area contributed by atoms with Gasteiger partial charge < -0.3 is 0 Å². The molecule has 6 heteroatoms. The third-order valence-electron chi connectivity index (χ3n) is 1.42. The van der Waals surface area contributed by atoms with Gasteiger partial charge in [0, 0.05) is 18.0 Å². The summed E-state index contributed by atoms with van der Waals surface area (Å²) in [6.07, 6.45) is 4.94. The maximum absolute atomic E-state index is 11.3. The molecule has 0 aliphatic rings. The SMILES string of the molecule is CCCOS(=O)(=O)Cc1cncnc1. The van der Waals surface area contributed by atoms with Crippen LogP contribution in [0.2, 0.25) is 0 Å². The number of aromatic nitrogens is 2. The van der Waals surface area contributed by atoms with E-state index >= 15 is 0 Å². The minimum absolute atomic E-state index is 0.173. The van der Waals surface area contributed by atoms with Crippen molar-refractivity contribution in [1.29, 1.82) is 0 Å². The van der Waals surface area contributed by atoms with Crippen molar-refractivity contribution in [3.05, 3.63) is 24.3 Å². The number of rotatable bonds is 5. The van der Waals surface area contributed by atoms with E-state index < -0.39 is 10.1 Å². The van der Waals surface area contributed by atoms with E-state index in [0.717, 1.165) is 0 Å². The van der Waals surface area contributed by atoms with E-state index in [1.807, 2.05) is 6.92 Å². The third kappa shape index (κ3) is 3.80. The summed E-state index contributed by atoms with van der Waals surface area (Å²) in [7, 11) is -3.48. The first-order valence-corrected chi connectivity index (χ1v) is 5.83. The molecule has 0 unspecified atom stereocenters. The molecule has 1 heterocycles. The van der Waals surface area contributed by atoms with E-state index in [0.29, 0.717) is 12.0 Å². The van der Waals surface area contributed by atoms with Gasteiger partial charge in [-0.3, -0.25) is 4.18 Å². The lowest BCUT2D eigenvalue weighted by molar-refractivity contribution is 0.317. The number of hydrogen-bond donors (Lipinski definition) is 0. The van der Waals surface area contributed by atoms with Crippen LogP contribution in [0.4, 0.5) is 0 Å². The van der Waals surface area contributed by atoms with Crippen LogP contribution >= 0.6 is 0 Å². The number of hydrogen-bond acceptors (Lipinski definition) is 5. The van der Waals surface area contributed by atoms with E-state index in [1.165, 1.54) is 18.7 Å². The molecule has 0 radical (unpaired) electrons. The lowest BCUT2D eigenvalue weighted by Crippen LogP contribution is -2.09. The summed E-state index contributed by atoms with van der Waals surface area (Å²) in [6, 6.07) is 0. The van der Waals surface area contributed by atoms with Crippen LogP contribution in [0, 0.1) is 0 Å². The van der Waals surface area contributed by atoms with Crippen LogP contribution in [0.15, 0.2) is 18.7 Å². The predicted molar refractivity (Wildman–Crippen MR) is 50.9 cm³/mol.